The quantitative estimate of drug-likeness (QED) is 0.519. The predicted octanol–water partition coefficient (Wildman–Crippen LogP) is 4.84. The zero-order chi connectivity index (χ0) is 22.5. The lowest BCUT2D eigenvalue weighted by Gasteiger charge is -2.20. The van der Waals surface area contributed by atoms with Gasteiger partial charge >= 0.3 is 0 Å². The van der Waals surface area contributed by atoms with E-state index in [1.807, 2.05) is 24.3 Å². The lowest BCUT2D eigenvalue weighted by atomic mass is 9.90. The topological polar surface area (TPSA) is 80.3 Å². The Bertz CT molecular complexity index is 1100. The van der Waals surface area contributed by atoms with Crippen LogP contribution in [0.2, 0.25) is 5.02 Å². The van der Waals surface area contributed by atoms with E-state index in [-0.39, 0.29) is 17.7 Å². The van der Waals surface area contributed by atoms with Crippen molar-refractivity contribution in [3.05, 3.63) is 75.3 Å². The lowest BCUT2D eigenvalue weighted by molar-refractivity contribution is -0.122. The van der Waals surface area contributed by atoms with Gasteiger partial charge in [0, 0.05) is 22.0 Å². The average molecular weight is 470 g/mol. The summed E-state index contributed by atoms with van der Waals surface area (Å²) in [6.07, 6.45) is 3.31. The van der Waals surface area contributed by atoms with Crippen molar-refractivity contribution < 1.29 is 14.3 Å². The van der Waals surface area contributed by atoms with Gasteiger partial charge < -0.3 is 10.1 Å². The minimum absolute atomic E-state index is 0.0136. The number of hydrogen-bond acceptors (Lipinski definition) is 5. The van der Waals surface area contributed by atoms with Crippen LogP contribution in [0.5, 0.6) is 5.75 Å². The molecule has 2 aromatic carbocycles. The monoisotopic (exact) mass is 469 g/mol. The number of nitrogens with one attached hydrogen (secondary N) is 2. The van der Waals surface area contributed by atoms with E-state index in [2.05, 4.69) is 15.6 Å². The summed E-state index contributed by atoms with van der Waals surface area (Å²) in [6, 6.07) is 14.5. The van der Waals surface area contributed by atoms with Gasteiger partial charge in [0.25, 0.3) is 5.91 Å². The fraction of sp³-hybridized carbons (Fsp3) is 0.292. The lowest BCUT2D eigenvalue weighted by Crippen LogP contribution is -2.32. The number of benzene rings is 2. The molecular formula is C24H24ClN3O3S. The maximum Gasteiger partial charge on any atom is 0.257 e. The van der Waals surface area contributed by atoms with Crippen molar-refractivity contribution in [1.82, 2.24) is 10.3 Å². The van der Waals surface area contributed by atoms with E-state index in [1.54, 1.807) is 31.4 Å². The number of thiazole rings is 1. The summed E-state index contributed by atoms with van der Waals surface area (Å²) >= 11 is 7.34. The predicted molar refractivity (Wildman–Crippen MR) is 127 cm³/mol. The molecule has 0 spiro atoms. The molecule has 0 saturated carbocycles. The fourth-order valence-corrected chi connectivity index (χ4v) is 4.93. The first-order valence-corrected chi connectivity index (χ1v) is 11.7. The summed E-state index contributed by atoms with van der Waals surface area (Å²) < 4.78 is 5.17. The Hall–Kier alpha value is -2.90. The molecule has 1 unspecified atom stereocenters. The molecule has 4 rings (SSSR count). The molecule has 1 heterocycles. The van der Waals surface area contributed by atoms with Gasteiger partial charge in [-0.05, 0) is 67.6 Å². The number of rotatable bonds is 7. The van der Waals surface area contributed by atoms with Crippen molar-refractivity contribution in [1.29, 1.82) is 0 Å². The normalized spacial score (nSPS) is 15.0. The Morgan fingerprint density at radius 2 is 1.91 bits per heavy atom. The van der Waals surface area contributed by atoms with Gasteiger partial charge in [0.2, 0.25) is 5.91 Å². The second-order valence-electron chi connectivity index (χ2n) is 7.62. The molecule has 0 radical (unpaired) electrons. The highest BCUT2D eigenvalue weighted by atomic mass is 35.5. The van der Waals surface area contributed by atoms with Crippen LogP contribution in [0, 0.1) is 0 Å². The number of aromatic nitrogens is 1. The fourth-order valence-electron chi connectivity index (χ4n) is 3.74. The SMILES string of the molecule is COc1ccc(CCNC(=O)C2CCCc3sc(NC(=O)c4ccc(Cl)cc4)nc32)cc1. The highest BCUT2D eigenvalue weighted by Crippen LogP contribution is 2.37. The zero-order valence-corrected chi connectivity index (χ0v) is 19.3. The van der Waals surface area contributed by atoms with E-state index in [9.17, 15) is 9.59 Å². The molecule has 0 aliphatic heterocycles. The van der Waals surface area contributed by atoms with Gasteiger partial charge in [-0.2, -0.15) is 0 Å². The van der Waals surface area contributed by atoms with Crippen LogP contribution in [0.4, 0.5) is 5.13 Å². The number of carbonyl (C=O) groups excluding carboxylic acids is 2. The van der Waals surface area contributed by atoms with Crippen molar-refractivity contribution in [3.63, 3.8) is 0 Å². The Morgan fingerprint density at radius 1 is 1.16 bits per heavy atom. The molecule has 1 aliphatic carbocycles. The number of fused-ring (bicyclic) bond motifs is 1. The molecule has 1 atom stereocenters. The number of amides is 2. The first-order valence-electron chi connectivity index (χ1n) is 10.5. The van der Waals surface area contributed by atoms with Crippen LogP contribution in [-0.2, 0) is 17.6 Å². The molecule has 3 aromatic rings. The van der Waals surface area contributed by atoms with Gasteiger partial charge in [0.15, 0.2) is 5.13 Å². The van der Waals surface area contributed by atoms with E-state index in [4.69, 9.17) is 16.3 Å². The Kier molecular flexibility index (Phi) is 7.07. The van der Waals surface area contributed by atoms with E-state index >= 15 is 0 Å². The maximum atomic E-state index is 12.9. The number of aryl methyl sites for hydroxylation is 1. The molecule has 2 amide bonds. The van der Waals surface area contributed by atoms with Gasteiger partial charge in [-0.15, -0.1) is 11.3 Å². The second kappa shape index (κ2) is 10.1. The molecular weight excluding hydrogens is 446 g/mol. The van der Waals surface area contributed by atoms with Crippen molar-refractivity contribution in [2.45, 2.75) is 31.6 Å². The molecule has 166 valence electrons. The van der Waals surface area contributed by atoms with Crippen molar-refractivity contribution in [3.8, 4) is 5.75 Å². The zero-order valence-electron chi connectivity index (χ0n) is 17.7. The van der Waals surface area contributed by atoms with Crippen LogP contribution < -0.4 is 15.4 Å². The van der Waals surface area contributed by atoms with Crippen LogP contribution in [0.15, 0.2) is 48.5 Å². The maximum absolute atomic E-state index is 12.9. The Labute approximate surface area is 196 Å². The Morgan fingerprint density at radius 3 is 2.62 bits per heavy atom. The summed E-state index contributed by atoms with van der Waals surface area (Å²) in [6.45, 7) is 0.557. The molecule has 1 aromatic heterocycles. The van der Waals surface area contributed by atoms with Gasteiger partial charge in [-0.25, -0.2) is 4.98 Å². The smallest absolute Gasteiger partial charge is 0.257 e. The van der Waals surface area contributed by atoms with Gasteiger partial charge in [-0.1, -0.05) is 23.7 Å². The Balaban J connectivity index is 1.37. The molecule has 0 fully saturated rings. The molecule has 32 heavy (non-hydrogen) atoms. The van der Waals surface area contributed by atoms with Crippen molar-refractivity contribution in [2.75, 3.05) is 19.0 Å². The standard InChI is InChI=1S/C24H24ClN3O3S/c1-31-18-11-5-15(6-12-18)13-14-26-23(30)19-3-2-4-20-21(19)27-24(32-20)28-22(29)16-7-9-17(25)10-8-16/h5-12,19H,2-4,13-14H2,1H3,(H,26,30)(H,27,28,29). The molecule has 0 saturated heterocycles. The highest BCUT2D eigenvalue weighted by Gasteiger charge is 2.30. The molecule has 6 nitrogen and oxygen atoms in total. The van der Waals surface area contributed by atoms with E-state index in [0.29, 0.717) is 22.3 Å². The van der Waals surface area contributed by atoms with E-state index in [0.717, 1.165) is 47.6 Å². The van der Waals surface area contributed by atoms with Gasteiger partial charge in [0.1, 0.15) is 5.75 Å². The third kappa shape index (κ3) is 5.29. The van der Waals surface area contributed by atoms with Crippen LogP contribution in [0.3, 0.4) is 0 Å². The first-order chi connectivity index (χ1) is 15.5. The summed E-state index contributed by atoms with van der Waals surface area (Å²) in [5.74, 6) is 0.274. The van der Waals surface area contributed by atoms with Crippen LogP contribution >= 0.6 is 22.9 Å². The number of carbonyl (C=O) groups is 2. The van der Waals surface area contributed by atoms with E-state index < -0.39 is 0 Å². The van der Waals surface area contributed by atoms with Gasteiger partial charge in [-0.3, -0.25) is 14.9 Å². The highest BCUT2D eigenvalue weighted by molar-refractivity contribution is 7.16. The summed E-state index contributed by atoms with van der Waals surface area (Å²) in [7, 11) is 1.64. The van der Waals surface area contributed by atoms with Crippen LogP contribution in [0.1, 0.15) is 45.3 Å². The molecule has 1 aliphatic rings. The third-order valence-corrected chi connectivity index (χ3v) is 6.77. The number of halogens is 1. The average Bonchev–Trinajstić information content (AvgIpc) is 3.22. The van der Waals surface area contributed by atoms with Crippen molar-refractivity contribution in [2.24, 2.45) is 0 Å². The van der Waals surface area contributed by atoms with Crippen LogP contribution in [-0.4, -0.2) is 30.5 Å². The number of nitrogens with zero attached hydrogens (tertiary/aromatic N) is 1. The molecule has 0 bridgehead atoms. The molecule has 2 N–H and O–H groups in total. The minimum atomic E-state index is -0.285. The number of hydrogen-bond donors (Lipinski definition) is 2. The number of methoxy groups -OCH3 is 1. The van der Waals surface area contributed by atoms with Gasteiger partial charge in [0.05, 0.1) is 18.7 Å². The first kappa shape index (κ1) is 22.3. The largest absolute Gasteiger partial charge is 0.497 e. The van der Waals surface area contributed by atoms with Crippen LogP contribution in [0.25, 0.3) is 0 Å². The summed E-state index contributed by atoms with van der Waals surface area (Å²) in [4.78, 5) is 31.0. The third-order valence-electron chi connectivity index (χ3n) is 5.47. The second-order valence-corrected chi connectivity index (χ2v) is 9.14. The minimum Gasteiger partial charge on any atom is -0.497 e. The summed E-state index contributed by atoms with van der Waals surface area (Å²) in [5.41, 5.74) is 2.43. The number of ether oxygens (including phenoxy) is 1. The summed E-state index contributed by atoms with van der Waals surface area (Å²) in [5, 5.41) is 7.00. The number of anilines is 1. The molecule has 8 heteroatoms. The van der Waals surface area contributed by atoms with Crippen molar-refractivity contribution >= 4 is 39.9 Å². The van der Waals surface area contributed by atoms with E-state index in [1.165, 1.54) is 11.3 Å².